The fourth-order valence-electron chi connectivity index (χ4n) is 2.71. The van der Waals surface area contributed by atoms with Gasteiger partial charge >= 0.3 is 0 Å². The molecule has 0 aliphatic carbocycles. The summed E-state index contributed by atoms with van der Waals surface area (Å²) in [7, 11) is 0. The molecule has 1 fully saturated rings. The molecule has 2 heteroatoms. The summed E-state index contributed by atoms with van der Waals surface area (Å²) in [6.45, 7) is 6.72. The van der Waals surface area contributed by atoms with Crippen LogP contribution in [0.15, 0.2) is 12.7 Å². The molecule has 98 valence electrons. The first kappa shape index (κ1) is 14.3. The summed E-state index contributed by atoms with van der Waals surface area (Å²) >= 11 is 0. The van der Waals surface area contributed by atoms with E-state index in [2.05, 4.69) is 18.4 Å². The highest BCUT2D eigenvalue weighted by atomic mass is 16.2. The number of hydrogen-bond acceptors (Lipinski definition) is 1. The molecule has 17 heavy (non-hydrogen) atoms. The summed E-state index contributed by atoms with van der Waals surface area (Å²) in [5, 5.41) is 0. The molecule has 0 radical (unpaired) electrons. The first-order valence-electron chi connectivity index (χ1n) is 7.20. The second-order valence-electron chi connectivity index (χ2n) is 5.08. The second-order valence-corrected chi connectivity index (χ2v) is 5.08. The molecule has 0 aromatic heterocycles. The Morgan fingerprint density at radius 2 is 2.00 bits per heavy atom. The number of carbonyl (C=O) groups excluding carboxylic acids is 1. The van der Waals surface area contributed by atoms with Gasteiger partial charge in [0.25, 0.3) is 0 Å². The average molecular weight is 237 g/mol. The number of carbonyl (C=O) groups is 1. The lowest BCUT2D eigenvalue weighted by Gasteiger charge is -2.32. The number of rotatable bonds is 4. The van der Waals surface area contributed by atoms with Gasteiger partial charge in [-0.3, -0.25) is 4.79 Å². The van der Waals surface area contributed by atoms with Crippen molar-refractivity contribution in [1.29, 1.82) is 0 Å². The zero-order valence-electron chi connectivity index (χ0n) is 11.3. The van der Waals surface area contributed by atoms with Crippen LogP contribution in [0.2, 0.25) is 0 Å². The van der Waals surface area contributed by atoms with Gasteiger partial charge in [-0.05, 0) is 19.3 Å². The molecule has 0 N–H and O–H groups in total. The molecular formula is C15H27NO. The van der Waals surface area contributed by atoms with E-state index >= 15 is 0 Å². The smallest absolute Gasteiger partial charge is 0.223 e. The van der Waals surface area contributed by atoms with E-state index < -0.39 is 0 Å². The van der Waals surface area contributed by atoms with Crippen LogP contribution in [0.1, 0.15) is 64.7 Å². The van der Waals surface area contributed by atoms with E-state index in [-0.39, 0.29) is 0 Å². The van der Waals surface area contributed by atoms with E-state index in [9.17, 15) is 4.79 Å². The van der Waals surface area contributed by atoms with Crippen LogP contribution in [-0.4, -0.2) is 23.4 Å². The molecule has 1 unspecified atom stereocenters. The molecule has 1 saturated heterocycles. The van der Waals surface area contributed by atoms with Crippen molar-refractivity contribution >= 4 is 5.91 Å². The highest BCUT2D eigenvalue weighted by Gasteiger charge is 2.21. The van der Waals surface area contributed by atoms with Crippen molar-refractivity contribution in [3.8, 4) is 0 Å². The predicted molar refractivity (Wildman–Crippen MR) is 72.9 cm³/mol. The normalized spacial score (nSPS) is 23.5. The lowest BCUT2D eigenvalue weighted by Crippen LogP contribution is -2.40. The molecular weight excluding hydrogens is 210 g/mol. The van der Waals surface area contributed by atoms with Crippen LogP contribution < -0.4 is 0 Å². The van der Waals surface area contributed by atoms with Gasteiger partial charge in [0.1, 0.15) is 0 Å². The van der Waals surface area contributed by atoms with Crippen LogP contribution in [0, 0.1) is 0 Å². The van der Waals surface area contributed by atoms with E-state index in [1.54, 1.807) is 0 Å². The summed E-state index contributed by atoms with van der Waals surface area (Å²) in [6, 6.07) is 0.448. The molecule has 1 amide bonds. The third-order valence-corrected chi connectivity index (χ3v) is 3.64. The second kappa shape index (κ2) is 8.32. The topological polar surface area (TPSA) is 20.3 Å². The van der Waals surface area contributed by atoms with Gasteiger partial charge in [-0.15, -0.1) is 6.58 Å². The minimum atomic E-state index is 0.338. The predicted octanol–water partition coefficient (Wildman–Crippen LogP) is 3.91. The van der Waals surface area contributed by atoms with E-state index in [4.69, 9.17) is 0 Å². The van der Waals surface area contributed by atoms with Gasteiger partial charge in [0.05, 0.1) is 0 Å². The van der Waals surface area contributed by atoms with Crippen molar-refractivity contribution in [3.63, 3.8) is 0 Å². The van der Waals surface area contributed by atoms with Gasteiger partial charge in [0, 0.05) is 19.0 Å². The highest BCUT2D eigenvalue weighted by Crippen LogP contribution is 2.20. The Kier molecular flexibility index (Phi) is 6.99. The third-order valence-electron chi connectivity index (χ3n) is 3.64. The molecule has 1 atom stereocenters. The van der Waals surface area contributed by atoms with Crippen LogP contribution in [0.4, 0.5) is 0 Å². The average Bonchev–Trinajstić information content (AvgIpc) is 2.33. The van der Waals surface area contributed by atoms with Crippen LogP contribution in [0.5, 0.6) is 0 Å². The van der Waals surface area contributed by atoms with Crippen molar-refractivity contribution in [2.75, 3.05) is 6.54 Å². The molecule has 1 aliphatic heterocycles. The Hall–Kier alpha value is -0.790. The summed E-state index contributed by atoms with van der Waals surface area (Å²) in [4.78, 5) is 14.3. The first-order valence-corrected chi connectivity index (χ1v) is 7.20. The Morgan fingerprint density at radius 3 is 2.71 bits per heavy atom. The highest BCUT2D eigenvalue weighted by molar-refractivity contribution is 5.76. The van der Waals surface area contributed by atoms with Crippen LogP contribution >= 0.6 is 0 Å². The Balaban J connectivity index is 2.67. The Morgan fingerprint density at radius 1 is 1.29 bits per heavy atom. The van der Waals surface area contributed by atoms with Crippen LogP contribution in [0.3, 0.4) is 0 Å². The fourth-order valence-corrected chi connectivity index (χ4v) is 2.71. The minimum absolute atomic E-state index is 0.338. The molecule has 0 aromatic carbocycles. The summed E-state index contributed by atoms with van der Waals surface area (Å²) < 4.78 is 0. The lowest BCUT2D eigenvalue weighted by molar-refractivity contribution is -0.133. The van der Waals surface area contributed by atoms with Crippen LogP contribution in [0.25, 0.3) is 0 Å². The third kappa shape index (κ3) is 4.93. The van der Waals surface area contributed by atoms with E-state index in [0.29, 0.717) is 11.9 Å². The minimum Gasteiger partial charge on any atom is -0.336 e. The van der Waals surface area contributed by atoms with Gasteiger partial charge in [-0.25, -0.2) is 0 Å². The van der Waals surface area contributed by atoms with Crippen LogP contribution in [-0.2, 0) is 4.79 Å². The SMILES string of the molecule is C=CCN1C(=O)CCCCCCCC1CCC. The van der Waals surface area contributed by atoms with Crippen molar-refractivity contribution in [2.24, 2.45) is 0 Å². The van der Waals surface area contributed by atoms with Gasteiger partial charge in [0.2, 0.25) is 5.91 Å². The standard InChI is InChI=1S/C15H27NO/c1-3-10-14-11-8-6-5-7-9-12-15(17)16(14)13-4-2/h4,14H,2-3,5-13H2,1H3. The zero-order valence-corrected chi connectivity index (χ0v) is 11.3. The first-order chi connectivity index (χ1) is 8.29. The molecule has 0 aromatic rings. The molecule has 0 saturated carbocycles. The molecule has 1 heterocycles. The van der Waals surface area contributed by atoms with E-state index in [0.717, 1.165) is 32.2 Å². The quantitative estimate of drug-likeness (QED) is 0.679. The summed E-state index contributed by atoms with van der Waals surface area (Å²) in [6.07, 6.45) is 12.2. The number of amides is 1. The maximum Gasteiger partial charge on any atom is 0.223 e. The van der Waals surface area contributed by atoms with Crippen molar-refractivity contribution in [1.82, 2.24) is 4.90 Å². The monoisotopic (exact) mass is 237 g/mol. The van der Waals surface area contributed by atoms with Gasteiger partial charge in [-0.1, -0.05) is 45.1 Å². The maximum absolute atomic E-state index is 12.2. The van der Waals surface area contributed by atoms with Crippen molar-refractivity contribution < 1.29 is 4.79 Å². The largest absolute Gasteiger partial charge is 0.336 e. The fraction of sp³-hybridized carbons (Fsp3) is 0.800. The molecule has 0 bridgehead atoms. The van der Waals surface area contributed by atoms with Gasteiger partial charge in [-0.2, -0.15) is 0 Å². The van der Waals surface area contributed by atoms with Gasteiger partial charge < -0.3 is 4.90 Å². The van der Waals surface area contributed by atoms with Crippen molar-refractivity contribution in [2.45, 2.75) is 70.8 Å². The Labute approximate surface area is 106 Å². The number of hydrogen-bond donors (Lipinski definition) is 0. The zero-order chi connectivity index (χ0) is 12.5. The number of nitrogens with zero attached hydrogens (tertiary/aromatic N) is 1. The van der Waals surface area contributed by atoms with E-state index in [1.807, 2.05) is 6.08 Å². The lowest BCUT2D eigenvalue weighted by atomic mass is 9.98. The maximum atomic E-state index is 12.2. The van der Waals surface area contributed by atoms with Crippen molar-refractivity contribution in [3.05, 3.63) is 12.7 Å². The van der Waals surface area contributed by atoms with Gasteiger partial charge in [0.15, 0.2) is 0 Å². The molecule has 1 rings (SSSR count). The molecule has 2 nitrogen and oxygen atoms in total. The molecule has 1 aliphatic rings. The Bertz CT molecular complexity index is 237. The summed E-state index contributed by atoms with van der Waals surface area (Å²) in [5.74, 6) is 0.338. The van der Waals surface area contributed by atoms with E-state index in [1.165, 1.54) is 32.1 Å². The molecule has 0 spiro atoms. The summed E-state index contributed by atoms with van der Waals surface area (Å²) in [5.41, 5.74) is 0.